The highest BCUT2D eigenvalue weighted by Gasteiger charge is 2.20. The van der Waals surface area contributed by atoms with E-state index in [4.69, 9.17) is 10.5 Å². The van der Waals surface area contributed by atoms with Gasteiger partial charge in [-0.3, -0.25) is 9.59 Å². The van der Waals surface area contributed by atoms with Gasteiger partial charge in [-0.25, -0.2) is 0 Å². The van der Waals surface area contributed by atoms with Gasteiger partial charge in [0.1, 0.15) is 6.04 Å². The molecule has 2 amide bonds. The minimum Gasteiger partial charge on any atom is -0.494 e. The van der Waals surface area contributed by atoms with Crippen molar-refractivity contribution in [3.8, 4) is 5.75 Å². The van der Waals surface area contributed by atoms with Crippen LogP contribution < -0.4 is 21.1 Å². The molecular weight excluding hydrogens is 258 g/mol. The van der Waals surface area contributed by atoms with E-state index < -0.39 is 11.9 Å². The number of carbonyl (C=O) groups is 2. The zero-order valence-corrected chi connectivity index (χ0v) is 12.2. The van der Waals surface area contributed by atoms with Crippen LogP contribution in [0.15, 0.2) is 18.2 Å². The van der Waals surface area contributed by atoms with Crippen molar-refractivity contribution < 1.29 is 14.3 Å². The number of nitrogens with two attached hydrogens (primary N) is 1. The molecule has 0 bridgehead atoms. The van der Waals surface area contributed by atoms with Crippen LogP contribution in [0.1, 0.15) is 31.1 Å². The van der Waals surface area contributed by atoms with Crippen molar-refractivity contribution in [2.45, 2.75) is 32.9 Å². The molecule has 20 heavy (non-hydrogen) atoms. The van der Waals surface area contributed by atoms with E-state index in [-0.39, 0.29) is 11.9 Å². The zero-order chi connectivity index (χ0) is 15.3. The van der Waals surface area contributed by atoms with Gasteiger partial charge in [0.2, 0.25) is 5.91 Å². The molecule has 4 N–H and O–H groups in total. The van der Waals surface area contributed by atoms with Gasteiger partial charge in [-0.15, -0.1) is 0 Å². The molecule has 110 valence electrons. The maximum Gasteiger partial charge on any atom is 0.255 e. The Hall–Kier alpha value is -2.24. The van der Waals surface area contributed by atoms with E-state index in [0.29, 0.717) is 17.0 Å². The van der Waals surface area contributed by atoms with Crippen LogP contribution in [0.5, 0.6) is 5.75 Å². The zero-order valence-electron chi connectivity index (χ0n) is 12.2. The molecule has 0 heterocycles. The van der Waals surface area contributed by atoms with Crippen LogP contribution in [0.2, 0.25) is 0 Å². The Morgan fingerprint density at radius 3 is 2.40 bits per heavy atom. The average molecular weight is 279 g/mol. The Morgan fingerprint density at radius 2 is 1.85 bits per heavy atom. The summed E-state index contributed by atoms with van der Waals surface area (Å²) < 4.78 is 5.12. The molecule has 6 heteroatoms. The highest BCUT2D eigenvalue weighted by atomic mass is 16.5. The van der Waals surface area contributed by atoms with Gasteiger partial charge in [0, 0.05) is 6.04 Å². The molecule has 0 aliphatic rings. The fourth-order valence-corrected chi connectivity index (χ4v) is 1.71. The van der Waals surface area contributed by atoms with E-state index in [1.807, 2.05) is 13.8 Å². The molecule has 1 aromatic carbocycles. The molecule has 0 aromatic heterocycles. The molecule has 0 saturated heterocycles. The summed E-state index contributed by atoms with van der Waals surface area (Å²) >= 11 is 0. The number of nitrogen functional groups attached to an aromatic ring is 1. The molecule has 0 radical (unpaired) electrons. The van der Waals surface area contributed by atoms with Gasteiger partial charge in [-0.2, -0.15) is 0 Å². The number of rotatable bonds is 5. The topological polar surface area (TPSA) is 93.4 Å². The third-order valence-electron chi connectivity index (χ3n) is 2.67. The monoisotopic (exact) mass is 279 g/mol. The van der Waals surface area contributed by atoms with Crippen LogP contribution in [-0.2, 0) is 4.79 Å². The van der Waals surface area contributed by atoms with Gasteiger partial charge >= 0.3 is 0 Å². The first kappa shape index (κ1) is 15.8. The van der Waals surface area contributed by atoms with Gasteiger partial charge in [-0.1, -0.05) is 6.07 Å². The highest BCUT2D eigenvalue weighted by molar-refractivity contribution is 6.00. The highest BCUT2D eigenvalue weighted by Crippen LogP contribution is 2.25. The number of nitrogens with one attached hydrogen (secondary N) is 2. The van der Waals surface area contributed by atoms with Crippen molar-refractivity contribution in [2.75, 3.05) is 12.8 Å². The molecule has 1 unspecified atom stereocenters. The third-order valence-corrected chi connectivity index (χ3v) is 2.67. The molecule has 1 rings (SSSR count). The number of benzene rings is 1. The first-order chi connectivity index (χ1) is 9.36. The molecule has 0 spiro atoms. The SMILES string of the molecule is COc1c(N)cccc1C(=O)NC(C)C(=O)NC(C)C. The second kappa shape index (κ2) is 6.79. The number of hydrogen-bond acceptors (Lipinski definition) is 4. The maximum atomic E-state index is 12.2. The van der Waals surface area contributed by atoms with E-state index >= 15 is 0 Å². The lowest BCUT2D eigenvalue weighted by atomic mass is 10.1. The summed E-state index contributed by atoms with van der Waals surface area (Å²) in [5.74, 6) is -0.335. The van der Waals surface area contributed by atoms with Crippen molar-refractivity contribution >= 4 is 17.5 Å². The lowest BCUT2D eigenvalue weighted by Gasteiger charge is -2.17. The molecule has 0 fully saturated rings. The molecule has 1 aromatic rings. The predicted octanol–water partition coefficient (Wildman–Crippen LogP) is 0.920. The van der Waals surface area contributed by atoms with Gasteiger partial charge in [0.05, 0.1) is 18.4 Å². The summed E-state index contributed by atoms with van der Waals surface area (Å²) in [7, 11) is 1.44. The minimum atomic E-state index is -0.643. The Kier molecular flexibility index (Phi) is 5.37. The standard InChI is InChI=1S/C14H21N3O3/c1-8(2)16-13(18)9(3)17-14(19)10-6-5-7-11(15)12(10)20-4/h5-9H,15H2,1-4H3,(H,16,18)(H,17,19). The molecule has 1 atom stereocenters. The van der Waals surface area contributed by atoms with Crippen LogP contribution >= 0.6 is 0 Å². The fraction of sp³-hybridized carbons (Fsp3) is 0.429. The summed E-state index contributed by atoms with van der Waals surface area (Å²) in [5.41, 5.74) is 6.42. The molecule has 0 saturated carbocycles. The minimum absolute atomic E-state index is 0.0174. The second-order valence-electron chi connectivity index (χ2n) is 4.79. The lowest BCUT2D eigenvalue weighted by molar-refractivity contribution is -0.123. The van der Waals surface area contributed by atoms with E-state index in [1.54, 1.807) is 25.1 Å². The molecule has 0 aliphatic carbocycles. The lowest BCUT2D eigenvalue weighted by Crippen LogP contribution is -2.46. The van der Waals surface area contributed by atoms with Gasteiger partial charge in [0.15, 0.2) is 5.75 Å². The van der Waals surface area contributed by atoms with Crippen LogP contribution in [0, 0.1) is 0 Å². The third kappa shape index (κ3) is 3.88. The number of methoxy groups -OCH3 is 1. The van der Waals surface area contributed by atoms with Gasteiger partial charge in [-0.05, 0) is 32.9 Å². The van der Waals surface area contributed by atoms with Crippen molar-refractivity contribution in [1.29, 1.82) is 0 Å². The van der Waals surface area contributed by atoms with E-state index in [1.165, 1.54) is 7.11 Å². The number of para-hydroxylation sites is 1. The van der Waals surface area contributed by atoms with Crippen LogP contribution in [-0.4, -0.2) is 31.0 Å². The summed E-state index contributed by atoms with van der Waals surface area (Å²) in [6.07, 6.45) is 0. The van der Waals surface area contributed by atoms with Crippen molar-refractivity contribution in [3.05, 3.63) is 23.8 Å². The maximum absolute atomic E-state index is 12.2. The van der Waals surface area contributed by atoms with Crippen molar-refractivity contribution in [1.82, 2.24) is 10.6 Å². The number of ether oxygens (including phenoxy) is 1. The second-order valence-corrected chi connectivity index (χ2v) is 4.79. The summed E-state index contributed by atoms with van der Waals surface area (Å²) in [6.45, 7) is 5.33. The first-order valence-corrected chi connectivity index (χ1v) is 6.40. The average Bonchev–Trinajstić information content (AvgIpc) is 2.37. The quantitative estimate of drug-likeness (QED) is 0.699. The number of carbonyl (C=O) groups excluding carboxylic acids is 2. The Labute approximate surface area is 118 Å². The smallest absolute Gasteiger partial charge is 0.255 e. The first-order valence-electron chi connectivity index (χ1n) is 6.40. The van der Waals surface area contributed by atoms with E-state index in [2.05, 4.69) is 10.6 Å². The van der Waals surface area contributed by atoms with Crippen molar-refractivity contribution in [3.63, 3.8) is 0 Å². The van der Waals surface area contributed by atoms with Crippen molar-refractivity contribution in [2.24, 2.45) is 0 Å². The van der Waals surface area contributed by atoms with Crippen LogP contribution in [0.25, 0.3) is 0 Å². The fourth-order valence-electron chi connectivity index (χ4n) is 1.71. The van der Waals surface area contributed by atoms with Crippen LogP contribution in [0.4, 0.5) is 5.69 Å². The van der Waals surface area contributed by atoms with Gasteiger partial charge < -0.3 is 21.1 Å². The number of hydrogen-bond donors (Lipinski definition) is 3. The van der Waals surface area contributed by atoms with E-state index in [0.717, 1.165) is 0 Å². The normalized spacial score (nSPS) is 11.8. The Bertz CT molecular complexity index is 500. The Balaban J connectivity index is 2.82. The largest absolute Gasteiger partial charge is 0.494 e. The van der Waals surface area contributed by atoms with Crippen LogP contribution in [0.3, 0.4) is 0 Å². The summed E-state index contributed by atoms with van der Waals surface area (Å²) in [4.78, 5) is 23.9. The summed E-state index contributed by atoms with van der Waals surface area (Å²) in [5, 5.41) is 5.35. The number of amides is 2. The molecular formula is C14H21N3O3. The van der Waals surface area contributed by atoms with E-state index in [9.17, 15) is 9.59 Å². The molecule has 0 aliphatic heterocycles. The predicted molar refractivity (Wildman–Crippen MR) is 77.6 cm³/mol. The Morgan fingerprint density at radius 1 is 1.20 bits per heavy atom. The summed E-state index contributed by atoms with van der Waals surface area (Å²) in [6, 6.07) is 4.27. The number of anilines is 1. The molecule has 6 nitrogen and oxygen atoms in total. The van der Waals surface area contributed by atoms with Gasteiger partial charge in [0.25, 0.3) is 5.91 Å².